The molecule has 36 heavy (non-hydrogen) atoms. The highest BCUT2D eigenvalue weighted by Crippen LogP contribution is 2.41. The fourth-order valence-corrected chi connectivity index (χ4v) is 5.46. The lowest BCUT2D eigenvalue weighted by Gasteiger charge is -2.39. The number of hydrogen-bond acceptors (Lipinski definition) is 6. The lowest BCUT2D eigenvalue weighted by Crippen LogP contribution is -2.44. The van der Waals surface area contributed by atoms with Gasteiger partial charge >= 0.3 is 0 Å². The molecule has 1 saturated heterocycles. The lowest BCUT2D eigenvalue weighted by molar-refractivity contribution is -0.126. The summed E-state index contributed by atoms with van der Waals surface area (Å²) in [6, 6.07) is 14.0. The number of para-hydroxylation sites is 2. The number of likely N-dealkylation sites (tertiary alicyclic amines) is 1. The summed E-state index contributed by atoms with van der Waals surface area (Å²) < 4.78 is 11.7. The quantitative estimate of drug-likeness (QED) is 0.172. The van der Waals surface area contributed by atoms with E-state index in [4.69, 9.17) is 20.4 Å². The minimum atomic E-state index is -0.892. The van der Waals surface area contributed by atoms with E-state index in [1.54, 1.807) is 25.3 Å². The minimum absolute atomic E-state index is 0.0447. The van der Waals surface area contributed by atoms with Crippen LogP contribution in [0.2, 0.25) is 0 Å². The molecule has 2 aromatic rings. The molecule has 0 saturated carbocycles. The van der Waals surface area contributed by atoms with E-state index in [1.165, 1.54) is 19.3 Å². The second-order valence-electron chi connectivity index (χ2n) is 9.82. The smallest absolute Gasteiger partial charge is 0.273 e. The summed E-state index contributed by atoms with van der Waals surface area (Å²) in [6.45, 7) is 6.39. The first-order valence-electron chi connectivity index (χ1n) is 12.9. The maximum Gasteiger partial charge on any atom is 0.273 e. The summed E-state index contributed by atoms with van der Waals surface area (Å²) in [5.74, 6) is 0.958. The van der Waals surface area contributed by atoms with E-state index in [2.05, 4.69) is 23.9 Å². The molecule has 1 amide bonds. The summed E-state index contributed by atoms with van der Waals surface area (Å²) in [4.78, 5) is 18.2. The fraction of sp³-hybridized carbons (Fsp3) is 0.500. The van der Waals surface area contributed by atoms with Crippen molar-refractivity contribution < 1.29 is 19.5 Å². The van der Waals surface area contributed by atoms with Crippen LogP contribution in [0.4, 0.5) is 5.69 Å². The van der Waals surface area contributed by atoms with Crippen molar-refractivity contribution in [2.75, 3.05) is 25.1 Å². The van der Waals surface area contributed by atoms with Crippen LogP contribution in [0.25, 0.3) is 0 Å². The first-order valence-corrected chi connectivity index (χ1v) is 12.9. The number of amides is 1. The second kappa shape index (κ2) is 11.6. The van der Waals surface area contributed by atoms with Gasteiger partial charge in [0, 0.05) is 29.8 Å². The van der Waals surface area contributed by atoms with Crippen molar-refractivity contribution in [2.45, 2.75) is 70.6 Å². The topological polar surface area (TPSA) is 101 Å². The molecule has 0 bridgehead atoms. The zero-order valence-electron chi connectivity index (χ0n) is 21.5. The third kappa shape index (κ3) is 5.43. The Kier molecular flexibility index (Phi) is 8.36. The number of benzene rings is 2. The monoisotopic (exact) mass is 494 g/mol. The molecular formula is C28H38N4O4. The number of nitrogens with zero attached hydrogens (tertiary/aromatic N) is 3. The van der Waals surface area contributed by atoms with Crippen LogP contribution in [0.5, 0.6) is 11.5 Å². The highest BCUT2D eigenvalue weighted by Gasteiger charge is 2.37. The molecule has 194 valence electrons. The van der Waals surface area contributed by atoms with Gasteiger partial charge in [0.25, 0.3) is 5.91 Å². The zero-order valence-corrected chi connectivity index (χ0v) is 21.5. The summed E-state index contributed by atoms with van der Waals surface area (Å²) in [5, 5.41) is 12.2. The van der Waals surface area contributed by atoms with Crippen LogP contribution in [-0.2, 0) is 4.79 Å². The van der Waals surface area contributed by atoms with Crippen LogP contribution in [0.1, 0.15) is 69.6 Å². The number of carbonyl (C=O) groups is 1. The van der Waals surface area contributed by atoms with Crippen molar-refractivity contribution in [1.29, 1.82) is 0 Å². The van der Waals surface area contributed by atoms with Crippen molar-refractivity contribution >= 4 is 17.4 Å². The minimum Gasteiger partial charge on any atom is -0.496 e. The van der Waals surface area contributed by atoms with Crippen LogP contribution in [0, 0.1) is 0 Å². The number of oxime groups is 1. The Balaban J connectivity index is 1.48. The van der Waals surface area contributed by atoms with Gasteiger partial charge in [0.2, 0.25) is 6.10 Å². The average Bonchev–Trinajstić information content (AvgIpc) is 2.90. The van der Waals surface area contributed by atoms with E-state index in [0.717, 1.165) is 31.5 Å². The van der Waals surface area contributed by atoms with E-state index in [9.17, 15) is 4.79 Å². The van der Waals surface area contributed by atoms with Gasteiger partial charge in [-0.05, 0) is 76.4 Å². The number of methoxy groups -OCH3 is 1. The van der Waals surface area contributed by atoms with Crippen molar-refractivity contribution in [3.63, 3.8) is 0 Å². The van der Waals surface area contributed by atoms with E-state index < -0.39 is 6.10 Å². The molecule has 2 aromatic carbocycles. The van der Waals surface area contributed by atoms with Gasteiger partial charge in [-0.15, -0.1) is 0 Å². The molecule has 1 fully saturated rings. The molecule has 0 radical (unpaired) electrons. The molecule has 0 aliphatic carbocycles. The Bertz CT molecular complexity index is 1080. The van der Waals surface area contributed by atoms with Crippen LogP contribution in [0.3, 0.4) is 0 Å². The number of nitrogens with two attached hydrogens (primary N) is 1. The number of hydrogen-bond donors (Lipinski definition) is 2. The number of unbranched alkanes of at least 4 members (excludes halogenated alkanes) is 2. The lowest BCUT2D eigenvalue weighted by atomic mass is 9.97. The number of fused-ring (bicyclic) bond motifs is 1. The molecule has 8 nitrogen and oxygen atoms in total. The normalized spacial score (nSPS) is 22.8. The number of anilines is 1. The van der Waals surface area contributed by atoms with Crippen LogP contribution < -0.4 is 20.1 Å². The number of rotatable bonds is 9. The van der Waals surface area contributed by atoms with E-state index in [1.807, 2.05) is 29.2 Å². The number of piperidine rings is 1. The van der Waals surface area contributed by atoms with Crippen LogP contribution in [-0.4, -0.2) is 54.1 Å². The Morgan fingerprint density at radius 1 is 1.11 bits per heavy atom. The molecule has 8 heteroatoms. The molecular weight excluding hydrogens is 456 g/mol. The van der Waals surface area contributed by atoms with Gasteiger partial charge in [0.15, 0.2) is 5.84 Å². The van der Waals surface area contributed by atoms with Gasteiger partial charge in [-0.25, -0.2) is 0 Å². The van der Waals surface area contributed by atoms with Crippen LogP contribution >= 0.6 is 0 Å². The van der Waals surface area contributed by atoms with E-state index >= 15 is 0 Å². The summed E-state index contributed by atoms with van der Waals surface area (Å²) in [5.41, 5.74) is 7.61. The van der Waals surface area contributed by atoms with Crippen LogP contribution in [0.15, 0.2) is 47.6 Å². The maximum atomic E-state index is 13.7. The average molecular weight is 495 g/mol. The van der Waals surface area contributed by atoms with Crippen molar-refractivity contribution in [1.82, 2.24) is 4.90 Å². The molecule has 2 aliphatic heterocycles. The highest BCUT2D eigenvalue weighted by atomic mass is 16.5. The molecule has 0 aromatic heterocycles. The standard InChI is InChI=1S/C28H38N4O4/c1-19-10-9-11-20(2)31(19)16-7-4-8-17-32-23-12-5-6-13-25(23)36-26(28(32)33)22-18-21(27(29)30-34)14-15-24(22)35-3/h5-6,12-15,18-20,26,34H,4,7-11,16-17H2,1-3H3,(H2,29,30). The largest absolute Gasteiger partial charge is 0.496 e. The molecule has 0 spiro atoms. The second-order valence-corrected chi connectivity index (χ2v) is 9.82. The predicted octanol–water partition coefficient (Wildman–Crippen LogP) is 4.69. The summed E-state index contributed by atoms with van der Waals surface area (Å²) in [7, 11) is 1.55. The zero-order chi connectivity index (χ0) is 25.7. The SMILES string of the molecule is COc1ccc(C(N)=NO)cc1C1Oc2ccccc2N(CCCCCN2C(C)CCCC2C)C1=O. The molecule has 3 atom stereocenters. The van der Waals surface area contributed by atoms with Gasteiger partial charge in [-0.1, -0.05) is 30.1 Å². The first-order chi connectivity index (χ1) is 17.4. The predicted molar refractivity (Wildman–Crippen MR) is 141 cm³/mol. The van der Waals surface area contributed by atoms with Crippen molar-refractivity contribution in [3.05, 3.63) is 53.6 Å². The van der Waals surface area contributed by atoms with Gasteiger partial charge in [-0.3, -0.25) is 9.69 Å². The van der Waals surface area contributed by atoms with Gasteiger partial charge < -0.3 is 25.3 Å². The highest BCUT2D eigenvalue weighted by molar-refractivity contribution is 6.02. The third-order valence-corrected chi connectivity index (χ3v) is 7.48. The molecule has 2 heterocycles. The molecule has 3 unspecified atom stereocenters. The maximum absolute atomic E-state index is 13.7. The number of carbonyl (C=O) groups excluding carboxylic acids is 1. The Hall–Kier alpha value is -3.26. The third-order valence-electron chi connectivity index (χ3n) is 7.48. The molecule has 4 rings (SSSR count). The van der Waals surface area contributed by atoms with Gasteiger partial charge in [0.05, 0.1) is 12.8 Å². The van der Waals surface area contributed by atoms with Crippen molar-refractivity contribution in [2.24, 2.45) is 10.9 Å². The first kappa shape index (κ1) is 25.8. The van der Waals surface area contributed by atoms with Crippen molar-refractivity contribution in [3.8, 4) is 11.5 Å². The van der Waals surface area contributed by atoms with Gasteiger partial charge in [-0.2, -0.15) is 0 Å². The summed E-state index contributed by atoms with van der Waals surface area (Å²) in [6.07, 6.45) is 6.08. The molecule has 3 N–H and O–H groups in total. The number of ether oxygens (including phenoxy) is 2. The Morgan fingerprint density at radius 2 is 1.83 bits per heavy atom. The number of amidine groups is 1. The van der Waals surface area contributed by atoms with E-state index in [-0.39, 0.29) is 11.7 Å². The molecule has 2 aliphatic rings. The van der Waals surface area contributed by atoms with E-state index in [0.29, 0.717) is 41.3 Å². The fourth-order valence-electron chi connectivity index (χ4n) is 5.46. The Labute approximate surface area is 213 Å². The summed E-state index contributed by atoms with van der Waals surface area (Å²) >= 11 is 0. The Morgan fingerprint density at radius 3 is 2.56 bits per heavy atom. The van der Waals surface area contributed by atoms with Gasteiger partial charge in [0.1, 0.15) is 11.5 Å².